The fourth-order valence-electron chi connectivity index (χ4n) is 1.89. The normalized spacial score (nSPS) is 10.1. The Balaban J connectivity index is 2.83. The predicted octanol–water partition coefficient (Wildman–Crippen LogP) is 3.27. The molecule has 0 heterocycles. The van der Waals surface area contributed by atoms with Gasteiger partial charge in [-0.3, -0.25) is 4.79 Å². The van der Waals surface area contributed by atoms with Gasteiger partial charge in [-0.15, -0.1) is 0 Å². The molecule has 94 valence electrons. The highest BCUT2D eigenvalue weighted by Crippen LogP contribution is 2.20. The number of nitrogens with one attached hydrogen (secondary N) is 1. The van der Waals surface area contributed by atoms with E-state index in [0.717, 1.165) is 31.6 Å². The Kier molecular flexibility index (Phi) is 5.53. The van der Waals surface area contributed by atoms with Crippen LogP contribution in [0, 0.1) is 0 Å². The quantitative estimate of drug-likeness (QED) is 0.819. The summed E-state index contributed by atoms with van der Waals surface area (Å²) >= 11 is 0. The Hall–Kier alpha value is -1.51. The summed E-state index contributed by atoms with van der Waals surface area (Å²) in [6, 6.07) is 8.03. The van der Waals surface area contributed by atoms with Gasteiger partial charge in [-0.1, -0.05) is 19.9 Å². The summed E-state index contributed by atoms with van der Waals surface area (Å²) in [7, 11) is 0. The van der Waals surface area contributed by atoms with Crippen molar-refractivity contribution in [2.45, 2.75) is 33.6 Å². The molecule has 0 spiro atoms. The van der Waals surface area contributed by atoms with Crippen molar-refractivity contribution in [3.63, 3.8) is 0 Å². The maximum absolute atomic E-state index is 11.0. The van der Waals surface area contributed by atoms with E-state index in [4.69, 9.17) is 0 Å². The van der Waals surface area contributed by atoms with E-state index in [-0.39, 0.29) is 5.91 Å². The number of amides is 1. The van der Waals surface area contributed by atoms with E-state index in [1.54, 1.807) is 0 Å². The van der Waals surface area contributed by atoms with E-state index < -0.39 is 0 Å². The Morgan fingerprint density at radius 3 is 2.41 bits per heavy atom. The molecule has 1 N–H and O–H groups in total. The lowest BCUT2D eigenvalue weighted by Crippen LogP contribution is -2.24. The van der Waals surface area contributed by atoms with Crippen molar-refractivity contribution >= 4 is 17.3 Å². The van der Waals surface area contributed by atoms with Gasteiger partial charge in [0.05, 0.1) is 0 Å². The van der Waals surface area contributed by atoms with Crippen molar-refractivity contribution in [1.29, 1.82) is 0 Å². The zero-order valence-corrected chi connectivity index (χ0v) is 11.0. The first kappa shape index (κ1) is 13.6. The largest absolute Gasteiger partial charge is 0.371 e. The molecule has 1 aromatic carbocycles. The first-order chi connectivity index (χ1) is 8.17. The van der Waals surface area contributed by atoms with Gasteiger partial charge in [0.25, 0.3) is 0 Å². The molecule has 0 bridgehead atoms. The van der Waals surface area contributed by atoms with Gasteiger partial charge in [-0.05, 0) is 31.0 Å². The number of hydrogen-bond donors (Lipinski definition) is 1. The molecular formula is C14H22N2O. The van der Waals surface area contributed by atoms with Gasteiger partial charge >= 0.3 is 0 Å². The van der Waals surface area contributed by atoms with Gasteiger partial charge in [-0.2, -0.15) is 0 Å². The van der Waals surface area contributed by atoms with Crippen molar-refractivity contribution in [1.82, 2.24) is 0 Å². The van der Waals surface area contributed by atoms with Crippen molar-refractivity contribution in [2.24, 2.45) is 0 Å². The third kappa shape index (κ3) is 4.47. The third-order valence-corrected chi connectivity index (χ3v) is 2.52. The highest BCUT2D eigenvalue weighted by Gasteiger charge is 2.05. The van der Waals surface area contributed by atoms with Crippen LogP contribution in [0.5, 0.6) is 0 Å². The second-order valence-electron chi connectivity index (χ2n) is 4.22. The van der Waals surface area contributed by atoms with Gasteiger partial charge < -0.3 is 10.2 Å². The average Bonchev–Trinajstić information content (AvgIpc) is 2.28. The van der Waals surface area contributed by atoms with Crippen molar-refractivity contribution < 1.29 is 4.79 Å². The maximum Gasteiger partial charge on any atom is 0.221 e. The van der Waals surface area contributed by atoms with Crippen LogP contribution in [0.1, 0.15) is 33.6 Å². The van der Waals surface area contributed by atoms with E-state index in [2.05, 4.69) is 30.1 Å². The lowest BCUT2D eigenvalue weighted by molar-refractivity contribution is -0.114. The summed E-state index contributed by atoms with van der Waals surface area (Å²) in [6.07, 6.45) is 2.26. The molecule has 0 aliphatic heterocycles. The van der Waals surface area contributed by atoms with Crippen LogP contribution in [0.2, 0.25) is 0 Å². The second kappa shape index (κ2) is 6.94. The molecule has 0 unspecified atom stereocenters. The summed E-state index contributed by atoms with van der Waals surface area (Å²) in [5.74, 6) is -0.0281. The monoisotopic (exact) mass is 234 g/mol. The van der Waals surface area contributed by atoms with Crippen molar-refractivity contribution in [3.05, 3.63) is 24.3 Å². The molecule has 0 fully saturated rings. The van der Waals surface area contributed by atoms with Crippen LogP contribution in [-0.4, -0.2) is 19.0 Å². The van der Waals surface area contributed by atoms with Gasteiger partial charge in [0.1, 0.15) is 0 Å². The first-order valence-corrected chi connectivity index (χ1v) is 6.30. The molecule has 1 aromatic rings. The standard InChI is InChI=1S/C14H22N2O/c1-4-9-16(10-5-2)14-8-6-7-13(11-14)15-12(3)17/h6-8,11H,4-5,9-10H2,1-3H3,(H,15,17). The predicted molar refractivity (Wildman–Crippen MR) is 73.5 cm³/mol. The summed E-state index contributed by atoms with van der Waals surface area (Å²) in [5, 5.41) is 2.82. The molecule has 1 amide bonds. The topological polar surface area (TPSA) is 32.3 Å². The number of nitrogens with zero attached hydrogens (tertiary/aromatic N) is 1. The summed E-state index contributed by atoms with van der Waals surface area (Å²) in [6.45, 7) is 8.00. The molecule has 3 nitrogen and oxygen atoms in total. The average molecular weight is 234 g/mol. The van der Waals surface area contributed by atoms with Crippen molar-refractivity contribution in [3.8, 4) is 0 Å². The molecule has 0 aliphatic rings. The number of benzene rings is 1. The Morgan fingerprint density at radius 1 is 1.24 bits per heavy atom. The highest BCUT2D eigenvalue weighted by molar-refractivity contribution is 5.89. The second-order valence-corrected chi connectivity index (χ2v) is 4.22. The smallest absolute Gasteiger partial charge is 0.221 e. The highest BCUT2D eigenvalue weighted by atomic mass is 16.1. The van der Waals surface area contributed by atoms with Gasteiger partial charge in [0.15, 0.2) is 0 Å². The summed E-state index contributed by atoms with van der Waals surface area (Å²) in [4.78, 5) is 13.4. The zero-order valence-electron chi connectivity index (χ0n) is 11.0. The first-order valence-electron chi connectivity index (χ1n) is 6.30. The lowest BCUT2D eigenvalue weighted by atomic mass is 10.2. The fraction of sp³-hybridized carbons (Fsp3) is 0.500. The number of hydrogen-bond acceptors (Lipinski definition) is 2. The zero-order chi connectivity index (χ0) is 12.7. The van der Waals surface area contributed by atoms with Crippen LogP contribution < -0.4 is 10.2 Å². The number of carbonyl (C=O) groups is 1. The van der Waals surface area contributed by atoms with Gasteiger partial charge in [0, 0.05) is 31.4 Å². The minimum absolute atomic E-state index is 0.0281. The SMILES string of the molecule is CCCN(CCC)c1cccc(NC(C)=O)c1. The van der Waals surface area contributed by atoms with Crippen molar-refractivity contribution in [2.75, 3.05) is 23.3 Å². The minimum Gasteiger partial charge on any atom is -0.371 e. The van der Waals surface area contributed by atoms with E-state index in [1.807, 2.05) is 18.2 Å². The molecule has 0 saturated heterocycles. The van der Waals surface area contributed by atoms with E-state index in [0.29, 0.717) is 0 Å². The van der Waals surface area contributed by atoms with Crippen LogP contribution >= 0.6 is 0 Å². The fourth-order valence-corrected chi connectivity index (χ4v) is 1.89. The molecule has 0 aromatic heterocycles. The molecule has 0 saturated carbocycles. The van der Waals surface area contributed by atoms with E-state index >= 15 is 0 Å². The Morgan fingerprint density at radius 2 is 1.88 bits per heavy atom. The van der Waals surface area contributed by atoms with Crippen LogP contribution in [0.3, 0.4) is 0 Å². The van der Waals surface area contributed by atoms with Crippen LogP contribution in [0.25, 0.3) is 0 Å². The molecule has 0 atom stereocenters. The number of anilines is 2. The maximum atomic E-state index is 11.0. The van der Waals surface area contributed by atoms with Gasteiger partial charge in [-0.25, -0.2) is 0 Å². The molecule has 0 aliphatic carbocycles. The van der Waals surface area contributed by atoms with Crippen LogP contribution in [-0.2, 0) is 4.79 Å². The Bertz CT molecular complexity index is 357. The minimum atomic E-state index is -0.0281. The third-order valence-electron chi connectivity index (χ3n) is 2.52. The van der Waals surface area contributed by atoms with Gasteiger partial charge in [0.2, 0.25) is 5.91 Å². The molecular weight excluding hydrogens is 212 g/mol. The molecule has 0 radical (unpaired) electrons. The number of carbonyl (C=O) groups excluding carboxylic acids is 1. The number of rotatable bonds is 6. The summed E-state index contributed by atoms with van der Waals surface area (Å²) < 4.78 is 0. The molecule has 17 heavy (non-hydrogen) atoms. The molecule has 1 rings (SSSR count). The van der Waals surface area contributed by atoms with Crippen LogP contribution in [0.15, 0.2) is 24.3 Å². The molecule has 3 heteroatoms. The van der Waals surface area contributed by atoms with E-state index in [9.17, 15) is 4.79 Å². The van der Waals surface area contributed by atoms with E-state index in [1.165, 1.54) is 12.6 Å². The Labute approximate surface area is 104 Å². The lowest BCUT2D eigenvalue weighted by Gasteiger charge is -2.24. The van der Waals surface area contributed by atoms with Crippen LogP contribution in [0.4, 0.5) is 11.4 Å². The summed E-state index contributed by atoms with van der Waals surface area (Å²) in [5.41, 5.74) is 2.05.